The predicted molar refractivity (Wildman–Crippen MR) is 97.7 cm³/mol. The highest BCUT2D eigenvalue weighted by Gasteiger charge is 2.39. The van der Waals surface area contributed by atoms with Gasteiger partial charge in [-0.05, 0) is 38.3 Å². The van der Waals surface area contributed by atoms with Gasteiger partial charge in [-0.15, -0.1) is 0 Å². The molecular weight excluding hydrogens is 352 g/mol. The molecule has 0 aliphatic heterocycles. The summed E-state index contributed by atoms with van der Waals surface area (Å²) in [4.78, 5) is 15.8. The molecule has 3 aromatic heterocycles. The summed E-state index contributed by atoms with van der Waals surface area (Å²) in [5.41, 5.74) is 6.56. The van der Waals surface area contributed by atoms with Gasteiger partial charge in [0.15, 0.2) is 0 Å². The standard InChI is InChI=1S/C19H19F2N5O/c1-19(21)4-2-3-16(19)25-17-14(18(22)27)9-24-26-10-12(6-15(17)26)11-5-13(20)8-23-7-11/h5-10,16,25H,2-4H2,1H3,(H2,22,27). The number of hydrogen-bond donors (Lipinski definition) is 2. The smallest absolute Gasteiger partial charge is 0.252 e. The van der Waals surface area contributed by atoms with E-state index in [0.717, 1.165) is 12.6 Å². The Morgan fingerprint density at radius 1 is 1.33 bits per heavy atom. The number of alkyl halides is 1. The molecule has 1 aliphatic carbocycles. The Morgan fingerprint density at radius 3 is 2.81 bits per heavy atom. The molecule has 1 fully saturated rings. The average molecular weight is 371 g/mol. The normalized spacial score (nSPS) is 22.3. The van der Waals surface area contributed by atoms with Crippen molar-refractivity contribution in [3.05, 3.63) is 48.3 Å². The van der Waals surface area contributed by atoms with Crippen molar-refractivity contribution in [3.63, 3.8) is 0 Å². The summed E-state index contributed by atoms with van der Waals surface area (Å²) in [5.74, 6) is -1.10. The molecule has 6 nitrogen and oxygen atoms in total. The Morgan fingerprint density at radius 2 is 2.15 bits per heavy atom. The number of rotatable bonds is 4. The van der Waals surface area contributed by atoms with Gasteiger partial charge in [0.05, 0.1) is 35.2 Å². The second-order valence-electron chi connectivity index (χ2n) is 7.12. The van der Waals surface area contributed by atoms with Gasteiger partial charge in [0, 0.05) is 23.5 Å². The number of pyridine rings is 1. The Bertz CT molecular complexity index is 1030. The van der Waals surface area contributed by atoms with Crippen LogP contribution in [0.2, 0.25) is 0 Å². The summed E-state index contributed by atoms with van der Waals surface area (Å²) in [7, 11) is 0. The first-order chi connectivity index (χ1) is 12.8. The molecule has 3 heterocycles. The van der Waals surface area contributed by atoms with E-state index >= 15 is 0 Å². The summed E-state index contributed by atoms with van der Waals surface area (Å²) < 4.78 is 29.8. The van der Waals surface area contributed by atoms with Crippen LogP contribution in [0.3, 0.4) is 0 Å². The molecule has 27 heavy (non-hydrogen) atoms. The number of hydrogen-bond acceptors (Lipinski definition) is 4. The lowest BCUT2D eigenvalue weighted by Gasteiger charge is -2.26. The summed E-state index contributed by atoms with van der Waals surface area (Å²) in [6.45, 7) is 1.56. The minimum atomic E-state index is -1.38. The van der Waals surface area contributed by atoms with E-state index in [0.29, 0.717) is 35.2 Å². The van der Waals surface area contributed by atoms with Crippen molar-refractivity contribution in [3.8, 4) is 11.1 Å². The van der Waals surface area contributed by atoms with Crippen LogP contribution in [0.5, 0.6) is 0 Å². The number of primary amides is 1. The topological polar surface area (TPSA) is 85.3 Å². The minimum absolute atomic E-state index is 0.187. The van der Waals surface area contributed by atoms with E-state index in [9.17, 15) is 13.6 Å². The zero-order chi connectivity index (χ0) is 19.2. The van der Waals surface area contributed by atoms with Crippen LogP contribution in [-0.2, 0) is 0 Å². The number of aromatic nitrogens is 3. The lowest BCUT2D eigenvalue weighted by Crippen LogP contribution is -2.36. The lowest BCUT2D eigenvalue weighted by molar-refractivity contribution is 0.1000. The van der Waals surface area contributed by atoms with Gasteiger partial charge in [0.2, 0.25) is 0 Å². The Balaban J connectivity index is 1.84. The second kappa shape index (κ2) is 6.29. The molecule has 0 saturated heterocycles. The lowest BCUT2D eigenvalue weighted by atomic mass is 10.0. The Kier molecular flexibility index (Phi) is 4.05. The number of halogens is 2. The monoisotopic (exact) mass is 371 g/mol. The third-order valence-corrected chi connectivity index (χ3v) is 5.14. The third-order valence-electron chi connectivity index (χ3n) is 5.14. The third kappa shape index (κ3) is 3.11. The van der Waals surface area contributed by atoms with Crippen molar-refractivity contribution in [2.24, 2.45) is 5.73 Å². The van der Waals surface area contributed by atoms with Gasteiger partial charge in [-0.2, -0.15) is 5.10 Å². The number of carbonyl (C=O) groups is 1. The van der Waals surface area contributed by atoms with Crippen LogP contribution in [0.15, 0.2) is 36.9 Å². The van der Waals surface area contributed by atoms with Gasteiger partial charge in [-0.1, -0.05) is 0 Å². The number of nitrogens with two attached hydrogens (primary N) is 1. The molecule has 0 radical (unpaired) electrons. The van der Waals surface area contributed by atoms with Gasteiger partial charge in [-0.3, -0.25) is 9.78 Å². The molecule has 1 amide bonds. The Hall–Kier alpha value is -3.03. The van der Waals surface area contributed by atoms with Crippen LogP contribution >= 0.6 is 0 Å². The first-order valence-electron chi connectivity index (χ1n) is 8.73. The van der Waals surface area contributed by atoms with E-state index in [1.165, 1.54) is 18.5 Å². The summed E-state index contributed by atoms with van der Waals surface area (Å²) in [6.07, 6.45) is 7.59. The van der Waals surface area contributed by atoms with Crippen LogP contribution in [-0.4, -0.2) is 32.2 Å². The maximum absolute atomic E-state index is 14.8. The average Bonchev–Trinajstić information content (AvgIpc) is 3.18. The molecule has 1 aliphatic rings. The van der Waals surface area contributed by atoms with E-state index in [2.05, 4.69) is 15.4 Å². The predicted octanol–water partition coefficient (Wildman–Crippen LogP) is 3.33. The fourth-order valence-corrected chi connectivity index (χ4v) is 3.65. The van der Waals surface area contributed by atoms with Crippen LogP contribution in [0.4, 0.5) is 14.5 Å². The molecule has 8 heteroatoms. The number of nitrogens with one attached hydrogen (secondary N) is 1. The molecular formula is C19H19F2N5O. The highest BCUT2D eigenvalue weighted by Crippen LogP contribution is 2.37. The zero-order valence-electron chi connectivity index (χ0n) is 14.7. The first-order valence-corrected chi connectivity index (χ1v) is 8.73. The second-order valence-corrected chi connectivity index (χ2v) is 7.12. The number of anilines is 1. The minimum Gasteiger partial charge on any atom is -0.377 e. The van der Waals surface area contributed by atoms with Crippen LogP contribution in [0.25, 0.3) is 16.6 Å². The van der Waals surface area contributed by atoms with Crippen molar-refractivity contribution in [2.75, 3.05) is 5.32 Å². The molecule has 4 rings (SSSR count). The van der Waals surface area contributed by atoms with Crippen molar-refractivity contribution < 1.29 is 13.6 Å². The first kappa shape index (κ1) is 17.4. The molecule has 1 saturated carbocycles. The number of amides is 1. The number of carbonyl (C=O) groups excluding carboxylic acids is 1. The van der Waals surface area contributed by atoms with Gasteiger partial charge in [0.1, 0.15) is 11.5 Å². The summed E-state index contributed by atoms with van der Waals surface area (Å²) in [6, 6.07) is 2.68. The fourth-order valence-electron chi connectivity index (χ4n) is 3.65. The van der Waals surface area contributed by atoms with Gasteiger partial charge >= 0.3 is 0 Å². The van der Waals surface area contributed by atoms with Crippen molar-refractivity contribution in [2.45, 2.75) is 37.9 Å². The van der Waals surface area contributed by atoms with Crippen molar-refractivity contribution >= 4 is 17.1 Å². The zero-order valence-corrected chi connectivity index (χ0v) is 14.7. The van der Waals surface area contributed by atoms with Gasteiger partial charge in [-0.25, -0.2) is 13.3 Å². The van der Waals surface area contributed by atoms with Crippen molar-refractivity contribution in [1.82, 2.24) is 14.6 Å². The highest BCUT2D eigenvalue weighted by atomic mass is 19.1. The van der Waals surface area contributed by atoms with Crippen molar-refractivity contribution in [1.29, 1.82) is 0 Å². The number of nitrogens with zero attached hydrogens (tertiary/aromatic N) is 3. The van der Waals surface area contributed by atoms with E-state index in [1.807, 2.05) is 0 Å². The fraction of sp³-hybridized carbons (Fsp3) is 0.316. The van der Waals surface area contributed by atoms with Crippen LogP contribution in [0, 0.1) is 5.82 Å². The molecule has 0 spiro atoms. The summed E-state index contributed by atoms with van der Waals surface area (Å²) >= 11 is 0. The molecule has 2 unspecified atom stereocenters. The molecule has 3 N–H and O–H groups in total. The Labute approximate surface area is 154 Å². The van der Waals surface area contributed by atoms with E-state index < -0.39 is 23.4 Å². The van der Waals surface area contributed by atoms with Gasteiger partial charge < -0.3 is 11.1 Å². The molecule has 0 aromatic carbocycles. The maximum Gasteiger partial charge on any atom is 0.252 e. The summed E-state index contributed by atoms with van der Waals surface area (Å²) in [5, 5.41) is 7.38. The van der Waals surface area contributed by atoms with E-state index in [4.69, 9.17) is 5.73 Å². The van der Waals surface area contributed by atoms with E-state index in [-0.39, 0.29) is 5.56 Å². The highest BCUT2D eigenvalue weighted by molar-refractivity contribution is 6.02. The maximum atomic E-state index is 14.8. The quantitative estimate of drug-likeness (QED) is 0.737. The van der Waals surface area contributed by atoms with Crippen LogP contribution in [0.1, 0.15) is 36.5 Å². The largest absolute Gasteiger partial charge is 0.377 e. The van der Waals surface area contributed by atoms with E-state index in [1.54, 1.807) is 23.7 Å². The molecule has 0 bridgehead atoms. The SMILES string of the molecule is CC1(F)CCCC1Nc1c(C(N)=O)cnn2cc(-c3cncc(F)c3)cc12. The molecule has 140 valence electrons. The molecule has 3 aromatic rings. The van der Waals surface area contributed by atoms with Gasteiger partial charge in [0.25, 0.3) is 5.91 Å². The number of fused-ring (bicyclic) bond motifs is 1. The molecule has 2 atom stereocenters. The van der Waals surface area contributed by atoms with Crippen LogP contribution < -0.4 is 11.1 Å².